The van der Waals surface area contributed by atoms with Gasteiger partial charge < -0.3 is 0 Å². The molecule has 0 saturated heterocycles. The van der Waals surface area contributed by atoms with E-state index in [1.165, 1.54) is 55.3 Å². The van der Waals surface area contributed by atoms with Gasteiger partial charge in [0.1, 0.15) is 0 Å². The molecule has 7 aromatic carbocycles. The molecule has 0 amide bonds. The van der Waals surface area contributed by atoms with Crippen molar-refractivity contribution in [2.45, 2.75) is 5.41 Å². The molecule has 0 saturated carbocycles. The standard InChI is InChI=1S/C46H27N3/c1-5-18-35-30(14-1)31-15-2-6-19-36(31)46(35)37-20-7-3-16-32(37)44-38(46)25-24-34-43(44)33-17-4-8-21-39(33)49-45(34)29-13-11-12-28(26-29)42-27-47-40-22-9-10-23-41(40)48-42/h1-27H. The fourth-order valence-corrected chi connectivity index (χ4v) is 8.77. The lowest BCUT2D eigenvalue weighted by Gasteiger charge is -2.30. The van der Waals surface area contributed by atoms with E-state index in [-0.39, 0.29) is 0 Å². The molecule has 2 aliphatic rings. The molecule has 0 aliphatic heterocycles. The zero-order chi connectivity index (χ0) is 32.1. The van der Waals surface area contributed by atoms with Crippen LogP contribution in [0.3, 0.4) is 0 Å². The fraction of sp³-hybridized carbons (Fsp3) is 0.0217. The van der Waals surface area contributed by atoms with Gasteiger partial charge in [-0.1, -0.05) is 133 Å². The van der Waals surface area contributed by atoms with E-state index in [0.29, 0.717) is 0 Å². The molecule has 0 N–H and O–H groups in total. The predicted octanol–water partition coefficient (Wildman–Crippen LogP) is 11.0. The minimum atomic E-state index is -0.396. The van der Waals surface area contributed by atoms with Crippen molar-refractivity contribution in [2.75, 3.05) is 0 Å². The van der Waals surface area contributed by atoms with E-state index in [1.807, 2.05) is 30.5 Å². The molecule has 2 heterocycles. The first kappa shape index (κ1) is 26.6. The monoisotopic (exact) mass is 621 g/mol. The van der Waals surface area contributed by atoms with Gasteiger partial charge in [-0.05, 0) is 68.8 Å². The van der Waals surface area contributed by atoms with Crippen LogP contribution in [0.2, 0.25) is 0 Å². The quantitative estimate of drug-likeness (QED) is 0.180. The highest BCUT2D eigenvalue weighted by molar-refractivity contribution is 6.20. The van der Waals surface area contributed by atoms with Crippen LogP contribution in [0.4, 0.5) is 0 Å². The van der Waals surface area contributed by atoms with E-state index < -0.39 is 5.41 Å². The van der Waals surface area contributed by atoms with Crippen molar-refractivity contribution in [3.8, 4) is 44.8 Å². The number of benzene rings is 7. The van der Waals surface area contributed by atoms with Gasteiger partial charge in [-0.25, -0.2) is 9.97 Å². The summed E-state index contributed by atoms with van der Waals surface area (Å²) in [6.07, 6.45) is 1.87. The number of para-hydroxylation sites is 3. The van der Waals surface area contributed by atoms with Crippen LogP contribution in [0.25, 0.3) is 77.5 Å². The number of pyridine rings is 1. The Labute approximate surface area is 283 Å². The number of hydrogen-bond donors (Lipinski definition) is 0. The van der Waals surface area contributed by atoms with E-state index in [0.717, 1.165) is 44.5 Å². The van der Waals surface area contributed by atoms with E-state index >= 15 is 0 Å². The van der Waals surface area contributed by atoms with Gasteiger partial charge in [0, 0.05) is 27.3 Å². The molecule has 0 bridgehead atoms. The van der Waals surface area contributed by atoms with Gasteiger partial charge in [-0.3, -0.25) is 4.98 Å². The Morgan fingerprint density at radius 2 is 1.02 bits per heavy atom. The van der Waals surface area contributed by atoms with Gasteiger partial charge in [0.2, 0.25) is 0 Å². The molecule has 0 fully saturated rings. The second-order valence-electron chi connectivity index (χ2n) is 13.1. The first-order valence-corrected chi connectivity index (χ1v) is 16.8. The summed E-state index contributed by atoms with van der Waals surface area (Å²) in [5.74, 6) is 0. The molecule has 2 aromatic heterocycles. The van der Waals surface area contributed by atoms with Crippen molar-refractivity contribution in [2.24, 2.45) is 0 Å². The highest BCUT2D eigenvalue weighted by atomic mass is 14.8. The molecule has 1 spiro atoms. The first-order valence-electron chi connectivity index (χ1n) is 16.8. The molecule has 3 heteroatoms. The Hall–Kier alpha value is -6.45. The largest absolute Gasteiger partial charge is 0.252 e. The molecule has 3 nitrogen and oxygen atoms in total. The highest BCUT2D eigenvalue weighted by Crippen LogP contribution is 2.64. The average Bonchev–Trinajstić information content (AvgIpc) is 3.65. The van der Waals surface area contributed by atoms with Crippen LogP contribution < -0.4 is 0 Å². The third-order valence-electron chi connectivity index (χ3n) is 10.7. The summed E-state index contributed by atoms with van der Waals surface area (Å²) in [4.78, 5) is 15.0. The van der Waals surface area contributed by atoms with Gasteiger partial charge in [-0.15, -0.1) is 0 Å². The van der Waals surface area contributed by atoms with Crippen LogP contribution in [0.5, 0.6) is 0 Å². The maximum absolute atomic E-state index is 5.36. The lowest BCUT2D eigenvalue weighted by molar-refractivity contribution is 0.794. The summed E-state index contributed by atoms with van der Waals surface area (Å²) in [6, 6.07) is 56.9. The predicted molar refractivity (Wildman–Crippen MR) is 200 cm³/mol. The van der Waals surface area contributed by atoms with Gasteiger partial charge in [0.05, 0.1) is 39.5 Å². The summed E-state index contributed by atoms with van der Waals surface area (Å²) in [5, 5.41) is 3.56. The normalized spacial score (nSPS) is 13.5. The molecular formula is C46H27N3. The molecule has 2 aliphatic carbocycles. The molecule has 226 valence electrons. The highest BCUT2D eigenvalue weighted by Gasteiger charge is 2.52. The Balaban J connectivity index is 1.23. The third-order valence-corrected chi connectivity index (χ3v) is 10.7. The second kappa shape index (κ2) is 9.79. The molecule has 49 heavy (non-hydrogen) atoms. The Kier molecular flexibility index (Phi) is 5.31. The first-order chi connectivity index (χ1) is 24.3. The Morgan fingerprint density at radius 1 is 0.408 bits per heavy atom. The average molecular weight is 622 g/mol. The molecule has 9 aromatic rings. The van der Waals surface area contributed by atoms with E-state index in [9.17, 15) is 0 Å². The minimum absolute atomic E-state index is 0.396. The summed E-state index contributed by atoms with van der Waals surface area (Å²) in [5.41, 5.74) is 16.9. The second-order valence-corrected chi connectivity index (χ2v) is 13.1. The van der Waals surface area contributed by atoms with Crippen molar-refractivity contribution in [1.82, 2.24) is 15.0 Å². The molecule has 0 atom stereocenters. The van der Waals surface area contributed by atoms with Crippen LogP contribution >= 0.6 is 0 Å². The van der Waals surface area contributed by atoms with E-state index in [1.54, 1.807) is 0 Å². The number of hydrogen-bond acceptors (Lipinski definition) is 3. The van der Waals surface area contributed by atoms with Crippen molar-refractivity contribution in [1.29, 1.82) is 0 Å². The smallest absolute Gasteiger partial charge is 0.0894 e. The Bertz CT molecular complexity index is 2800. The van der Waals surface area contributed by atoms with Crippen molar-refractivity contribution < 1.29 is 0 Å². The molecule has 0 radical (unpaired) electrons. The van der Waals surface area contributed by atoms with Gasteiger partial charge in [0.25, 0.3) is 0 Å². The number of fused-ring (bicyclic) bond motifs is 15. The van der Waals surface area contributed by atoms with Crippen LogP contribution in [0.1, 0.15) is 22.3 Å². The topological polar surface area (TPSA) is 38.7 Å². The summed E-state index contributed by atoms with van der Waals surface area (Å²) in [7, 11) is 0. The van der Waals surface area contributed by atoms with Gasteiger partial charge >= 0.3 is 0 Å². The third kappa shape index (κ3) is 3.49. The maximum atomic E-state index is 5.36. The van der Waals surface area contributed by atoms with Gasteiger partial charge in [0.15, 0.2) is 0 Å². The Morgan fingerprint density at radius 3 is 1.80 bits per heavy atom. The van der Waals surface area contributed by atoms with E-state index in [2.05, 4.69) is 133 Å². The summed E-state index contributed by atoms with van der Waals surface area (Å²) >= 11 is 0. The number of nitrogens with zero attached hydrogens (tertiary/aromatic N) is 3. The van der Waals surface area contributed by atoms with Crippen molar-refractivity contribution in [3.63, 3.8) is 0 Å². The lowest BCUT2D eigenvalue weighted by atomic mass is 9.70. The van der Waals surface area contributed by atoms with Crippen LogP contribution in [0, 0.1) is 0 Å². The lowest BCUT2D eigenvalue weighted by Crippen LogP contribution is -2.25. The van der Waals surface area contributed by atoms with Gasteiger partial charge in [-0.2, -0.15) is 0 Å². The molecule has 0 unspecified atom stereocenters. The summed E-state index contributed by atoms with van der Waals surface area (Å²) < 4.78 is 0. The SMILES string of the molecule is c1cc(-c2cnc3ccccc3n2)cc(-c2nc3ccccc3c3c4c(ccc23)C2(c3ccccc3-c3ccccc32)c2ccccc2-4)c1. The number of aromatic nitrogens is 3. The van der Waals surface area contributed by atoms with Crippen molar-refractivity contribution in [3.05, 3.63) is 186 Å². The van der Waals surface area contributed by atoms with E-state index in [4.69, 9.17) is 15.0 Å². The number of rotatable bonds is 2. The maximum Gasteiger partial charge on any atom is 0.0894 e. The zero-order valence-corrected chi connectivity index (χ0v) is 26.4. The van der Waals surface area contributed by atoms with Crippen LogP contribution in [-0.2, 0) is 5.41 Å². The van der Waals surface area contributed by atoms with Crippen molar-refractivity contribution >= 4 is 32.7 Å². The fourth-order valence-electron chi connectivity index (χ4n) is 8.77. The molecular weight excluding hydrogens is 595 g/mol. The van der Waals surface area contributed by atoms with Crippen LogP contribution in [0.15, 0.2) is 164 Å². The van der Waals surface area contributed by atoms with Crippen LogP contribution in [-0.4, -0.2) is 15.0 Å². The molecule has 11 rings (SSSR count). The minimum Gasteiger partial charge on any atom is -0.252 e. The summed E-state index contributed by atoms with van der Waals surface area (Å²) in [6.45, 7) is 0. The zero-order valence-electron chi connectivity index (χ0n) is 26.4.